The monoisotopic (exact) mass is 274 g/mol. The first-order chi connectivity index (χ1) is 9.56. The van der Waals surface area contributed by atoms with E-state index < -0.39 is 5.97 Å². The van der Waals surface area contributed by atoms with E-state index in [0.29, 0.717) is 5.92 Å². The highest BCUT2D eigenvalue weighted by atomic mass is 16.5. The van der Waals surface area contributed by atoms with Crippen LogP contribution < -0.4 is 4.74 Å². The van der Waals surface area contributed by atoms with Crippen LogP contribution in [0, 0.1) is 5.92 Å². The molecule has 1 aliphatic rings. The fourth-order valence-electron chi connectivity index (χ4n) is 2.80. The van der Waals surface area contributed by atoms with Crippen LogP contribution in [0.4, 0.5) is 0 Å². The highest BCUT2D eigenvalue weighted by Crippen LogP contribution is 2.37. The molecule has 3 nitrogen and oxygen atoms in total. The van der Waals surface area contributed by atoms with Gasteiger partial charge in [-0.3, -0.25) is 0 Å². The summed E-state index contributed by atoms with van der Waals surface area (Å²) >= 11 is 0. The van der Waals surface area contributed by atoms with E-state index >= 15 is 0 Å². The Morgan fingerprint density at radius 1 is 1.25 bits per heavy atom. The number of rotatable bonds is 5. The Kier molecular flexibility index (Phi) is 4.83. The summed E-state index contributed by atoms with van der Waals surface area (Å²) in [6.07, 6.45) is 6.07. The molecule has 0 aromatic heterocycles. The smallest absolute Gasteiger partial charge is 0.328 e. The average Bonchev–Trinajstić information content (AvgIpc) is 2.90. The third-order valence-corrected chi connectivity index (χ3v) is 3.63. The van der Waals surface area contributed by atoms with Crippen LogP contribution in [0.3, 0.4) is 0 Å². The molecule has 0 saturated heterocycles. The summed E-state index contributed by atoms with van der Waals surface area (Å²) in [7, 11) is 0. The van der Waals surface area contributed by atoms with E-state index in [1.165, 1.54) is 18.9 Å². The van der Waals surface area contributed by atoms with E-state index in [2.05, 4.69) is 0 Å². The largest absolute Gasteiger partial charge is 0.491 e. The maximum absolute atomic E-state index is 11.1. The van der Waals surface area contributed by atoms with Crippen LogP contribution in [0.2, 0.25) is 0 Å². The normalized spacial score (nSPS) is 16.6. The first kappa shape index (κ1) is 14.6. The molecule has 0 amide bonds. The van der Waals surface area contributed by atoms with E-state index in [1.54, 1.807) is 0 Å². The molecule has 0 bridgehead atoms. The van der Waals surface area contributed by atoms with E-state index in [-0.39, 0.29) is 6.10 Å². The van der Waals surface area contributed by atoms with Crippen LogP contribution in [-0.4, -0.2) is 17.2 Å². The van der Waals surface area contributed by atoms with Crippen LogP contribution in [0.5, 0.6) is 5.75 Å². The Morgan fingerprint density at radius 2 is 1.85 bits per heavy atom. The second kappa shape index (κ2) is 6.60. The van der Waals surface area contributed by atoms with E-state index in [1.807, 2.05) is 38.1 Å². The molecule has 1 aromatic carbocycles. The molecule has 0 unspecified atom stereocenters. The summed E-state index contributed by atoms with van der Waals surface area (Å²) < 4.78 is 5.62. The highest BCUT2D eigenvalue weighted by Gasteiger charge is 2.21. The van der Waals surface area contributed by atoms with E-state index in [9.17, 15) is 4.79 Å². The molecule has 1 fully saturated rings. The van der Waals surface area contributed by atoms with Crippen molar-refractivity contribution < 1.29 is 14.6 Å². The Balaban J connectivity index is 2.22. The van der Waals surface area contributed by atoms with Gasteiger partial charge in [-0.2, -0.15) is 0 Å². The third kappa shape index (κ3) is 3.86. The molecule has 108 valence electrons. The Hall–Kier alpha value is -1.77. The van der Waals surface area contributed by atoms with Crippen molar-refractivity contribution in [1.82, 2.24) is 0 Å². The number of carboxylic acids is 1. The quantitative estimate of drug-likeness (QED) is 0.821. The van der Waals surface area contributed by atoms with Crippen molar-refractivity contribution in [2.45, 2.75) is 45.6 Å². The lowest BCUT2D eigenvalue weighted by molar-refractivity contribution is -0.131. The lowest BCUT2D eigenvalue weighted by Gasteiger charge is -2.16. The number of carboxylic acid groups (broad SMARTS) is 1. The first-order valence-electron chi connectivity index (χ1n) is 7.28. The maximum Gasteiger partial charge on any atom is 0.328 e. The van der Waals surface area contributed by atoms with Gasteiger partial charge in [-0.05, 0) is 55.9 Å². The van der Waals surface area contributed by atoms with Gasteiger partial charge >= 0.3 is 5.97 Å². The molecular weight excluding hydrogens is 252 g/mol. The number of ether oxygens (including phenoxy) is 1. The summed E-state index contributed by atoms with van der Waals surface area (Å²) in [5.74, 6) is 0.335. The minimum absolute atomic E-state index is 0.143. The molecule has 2 rings (SSSR count). The zero-order valence-corrected chi connectivity index (χ0v) is 12.1. The number of carbonyl (C=O) groups is 1. The zero-order valence-electron chi connectivity index (χ0n) is 12.1. The van der Waals surface area contributed by atoms with Gasteiger partial charge in [0.2, 0.25) is 0 Å². The van der Waals surface area contributed by atoms with E-state index in [0.717, 1.165) is 29.7 Å². The minimum atomic E-state index is -0.866. The number of benzene rings is 1. The van der Waals surface area contributed by atoms with Crippen LogP contribution in [0.25, 0.3) is 5.57 Å². The fraction of sp³-hybridized carbons (Fsp3) is 0.471. The van der Waals surface area contributed by atoms with Crippen molar-refractivity contribution in [2.75, 3.05) is 0 Å². The van der Waals surface area contributed by atoms with Gasteiger partial charge in [0, 0.05) is 6.08 Å². The number of hydrogen-bond acceptors (Lipinski definition) is 2. The summed E-state index contributed by atoms with van der Waals surface area (Å²) in [5.41, 5.74) is 1.95. The number of aliphatic carboxylic acids is 1. The molecule has 1 aromatic rings. The molecule has 1 N–H and O–H groups in total. The van der Waals surface area contributed by atoms with Crippen LogP contribution >= 0.6 is 0 Å². The molecule has 0 aliphatic heterocycles. The third-order valence-electron chi connectivity index (χ3n) is 3.63. The molecule has 0 spiro atoms. The molecular formula is C17H22O3. The lowest BCUT2D eigenvalue weighted by atomic mass is 9.91. The molecule has 20 heavy (non-hydrogen) atoms. The topological polar surface area (TPSA) is 46.5 Å². The zero-order chi connectivity index (χ0) is 14.5. The molecule has 3 heteroatoms. The summed E-state index contributed by atoms with van der Waals surface area (Å²) in [4.78, 5) is 11.1. The Bertz CT molecular complexity index is 479. The second-order valence-electron chi connectivity index (χ2n) is 5.61. The van der Waals surface area contributed by atoms with Gasteiger partial charge in [-0.25, -0.2) is 4.79 Å². The molecule has 1 saturated carbocycles. The number of hydrogen-bond donors (Lipinski definition) is 1. The molecule has 1 aliphatic carbocycles. The second-order valence-corrected chi connectivity index (χ2v) is 5.61. The lowest BCUT2D eigenvalue weighted by Crippen LogP contribution is -2.06. The van der Waals surface area contributed by atoms with Crippen molar-refractivity contribution in [3.63, 3.8) is 0 Å². The predicted octanol–water partition coefficient (Wildman–Crippen LogP) is 4.13. The maximum atomic E-state index is 11.1. The molecule has 0 heterocycles. The van der Waals surface area contributed by atoms with Gasteiger partial charge in [0.15, 0.2) is 0 Å². The van der Waals surface area contributed by atoms with Crippen molar-refractivity contribution in [3.05, 3.63) is 35.9 Å². The van der Waals surface area contributed by atoms with Crippen molar-refractivity contribution in [2.24, 2.45) is 5.92 Å². The average molecular weight is 274 g/mol. The molecule has 0 radical (unpaired) electrons. The van der Waals surface area contributed by atoms with Crippen molar-refractivity contribution in [3.8, 4) is 5.75 Å². The van der Waals surface area contributed by atoms with Crippen LogP contribution in [0.1, 0.15) is 45.1 Å². The van der Waals surface area contributed by atoms with Gasteiger partial charge in [0.1, 0.15) is 5.75 Å². The highest BCUT2D eigenvalue weighted by molar-refractivity contribution is 5.90. The van der Waals surface area contributed by atoms with Crippen LogP contribution in [0.15, 0.2) is 30.3 Å². The first-order valence-corrected chi connectivity index (χ1v) is 7.28. The van der Waals surface area contributed by atoms with Crippen molar-refractivity contribution in [1.29, 1.82) is 0 Å². The SMILES string of the molecule is CC(C)Oc1ccc(/C(=C/C(=O)O)C2CCCC2)cc1. The standard InChI is InChI=1S/C17H22O3/c1-12(2)20-15-9-7-14(8-10-15)16(11-17(18)19)13-5-3-4-6-13/h7-13H,3-6H2,1-2H3,(H,18,19)/b16-11+. The van der Waals surface area contributed by atoms with Crippen LogP contribution in [-0.2, 0) is 4.79 Å². The van der Waals surface area contributed by atoms with Gasteiger partial charge < -0.3 is 9.84 Å². The summed E-state index contributed by atoms with van der Waals surface area (Å²) in [5, 5.41) is 9.08. The number of allylic oxidation sites excluding steroid dienone is 1. The van der Waals surface area contributed by atoms with Gasteiger partial charge in [0.05, 0.1) is 6.10 Å². The van der Waals surface area contributed by atoms with E-state index in [4.69, 9.17) is 9.84 Å². The molecule has 0 atom stereocenters. The van der Waals surface area contributed by atoms with Crippen molar-refractivity contribution >= 4 is 11.5 Å². The Morgan fingerprint density at radius 3 is 2.35 bits per heavy atom. The van der Waals surface area contributed by atoms with Gasteiger partial charge in [0.25, 0.3) is 0 Å². The summed E-state index contributed by atoms with van der Waals surface area (Å²) in [6, 6.07) is 7.76. The van der Waals surface area contributed by atoms with Gasteiger partial charge in [-0.1, -0.05) is 25.0 Å². The Labute approximate surface area is 120 Å². The summed E-state index contributed by atoms with van der Waals surface area (Å²) in [6.45, 7) is 3.98. The minimum Gasteiger partial charge on any atom is -0.491 e. The van der Waals surface area contributed by atoms with Gasteiger partial charge in [-0.15, -0.1) is 0 Å². The predicted molar refractivity (Wildman–Crippen MR) is 79.8 cm³/mol. The fourth-order valence-corrected chi connectivity index (χ4v) is 2.80.